The largest absolute Gasteiger partial charge is 0.348 e. The summed E-state index contributed by atoms with van der Waals surface area (Å²) in [7, 11) is 0. The van der Waals surface area contributed by atoms with E-state index >= 15 is 0 Å². The molecule has 1 saturated heterocycles. The van der Waals surface area contributed by atoms with E-state index in [0.717, 1.165) is 6.54 Å². The molecule has 0 spiro atoms. The van der Waals surface area contributed by atoms with Crippen LogP contribution in [-0.4, -0.2) is 26.0 Å². The molecule has 0 aliphatic carbocycles. The van der Waals surface area contributed by atoms with Gasteiger partial charge in [0.05, 0.1) is 13.2 Å². The van der Waals surface area contributed by atoms with Crippen LogP contribution in [0.15, 0.2) is 0 Å². The van der Waals surface area contributed by atoms with Crippen LogP contribution in [-0.2, 0) is 9.57 Å². The highest BCUT2D eigenvalue weighted by Gasteiger charge is 2.12. The first kappa shape index (κ1) is 5.97. The highest BCUT2D eigenvalue weighted by molar-refractivity contribution is 4.55. The number of rotatable bonds is 1. The molecular weight excluding hydrogens is 108 g/mol. The summed E-state index contributed by atoms with van der Waals surface area (Å²) in [5.74, 6) is 4.82. The third-order valence-corrected chi connectivity index (χ3v) is 0.983. The standard InChI is InChI=1S/C4H9N2O2/c5-8-4-3-6-1-2-7-4/h4H,1-3,5H2. The first-order valence-electron chi connectivity index (χ1n) is 2.54. The number of hydrogen-bond donors (Lipinski definition) is 1. The van der Waals surface area contributed by atoms with Gasteiger partial charge >= 0.3 is 0 Å². The monoisotopic (exact) mass is 117 g/mol. The van der Waals surface area contributed by atoms with E-state index < -0.39 is 0 Å². The molecule has 0 saturated carbocycles. The molecule has 1 aliphatic rings. The number of morpholine rings is 1. The summed E-state index contributed by atoms with van der Waals surface area (Å²) in [5, 5.41) is 4.00. The van der Waals surface area contributed by atoms with Crippen molar-refractivity contribution in [2.45, 2.75) is 6.29 Å². The molecule has 8 heavy (non-hydrogen) atoms. The molecule has 1 radical (unpaired) electrons. The normalized spacial score (nSPS) is 30.4. The van der Waals surface area contributed by atoms with Gasteiger partial charge in [0.2, 0.25) is 0 Å². The summed E-state index contributed by atoms with van der Waals surface area (Å²) >= 11 is 0. The van der Waals surface area contributed by atoms with Crippen molar-refractivity contribution in [3.63, 3.8) is 0 Å². The lowest BCUT2D eigenvalue weighted by Gasteiger charge is -2.19. The predicted octanol–water partition coefficient (Wildman–Crippen LogP) is -1.16. The first-order valence-corrected chi connectivity index (χ1v) is 2.54. The van der Waals surface area contributed by atoms with Crippen molar-refractivity contribution in [1.29, 1.82) is 0 Å². The highest BCUT2D eigenvalue weighted by Crippen LogP contribution is 1.93. The Bertz CT molecular complexity index is 63.1. The van der Waals surface area contributed by atoms with E-state index in [-0.39, 0.29) is 6.29 Å². The molecular formula is C4H9N2O2. The van der Waals surface area contributed by atoms with Crippen LogP contribution >= 0.6 is 0 Å². The van der Waals surface area contributed by atoms with Gasteiger partial charge in [0.25, 0.3) is 0 Å². The molecule has 1 fully saturated rings. The number of nitrogens with zero attached hydrogens (tertiary/aromatic N) is 1. The van der Waals surface area contributed by atoms with E-state index in [1.807, 2.05) is 0 Å². The number of hydrogen-bond acceptors (Lipinski definition) is 3. The van der Waals surface area contributed by atoms with Gasteiger partial charge in [0.1, 0.15) is 0 Å². The Hall–Kier alpha value is -0.160. The number of ether oxygens (including phenoxy) is 1. The van der Waals surface area contributed by atoms with Crippen LogP contribution in [0.25, 0.3) is 0 Å². The molecule has 1 rings (SSSR count). The van der Waals surface area contributed by atoms with Gasteiger partial charge in [-0.3, -0.25) is 4.84 Å². The summed E-state index contributed by atoms with van der Waals surface area (Å²) in [4.78, 5) is 4.38. The average Bonchev–Trinajstić information content (AvgIpc) is 1.90. The van der Waals surface area contributed by atoms with Crippen molar-refractivity contribution in [2.75, 3.05) is 19.7 Å². The maximum atomic E-state index is 4.99. The van der Waals surface area contributed by atoms with E-state index in [1.54, 1.807) is 0 Å². The average molecular weight is 117 g/mol. The van der Waals surface area contributed by atoms with Crippen LogP contribution in [0.3, 0.4) is 0 Å². The lowest BCUT2D eigenvalue weighted by Crippen LogP contribution is -2.37. The van der Waals surface area contributed by atoms with E-state index in [1.165, 1.54) is 0 Å². The minimum Gasteiger partial charge on any atom is -0.348 e. The van der Waals surface area contributed by atoms with E-state index in [9.17, 15) is 0 Å². The van der Waals surface area contributed by atoms with Gasteiger partial charge < -0.3 is 4.74 Å². The van der Waals surface area contributed by atoms with Crippen molar-refractivity contribution in [2.24, 2.45) is 5.90 Å². The van der Waals surface area contributed by atoms with Gasteiger partial charge in [0, 0.05) is 6.54 Å². The minimum absolute atomic E-state index is 0.302. The summed E-state index contributed by atoms with van der Waals surface area (Å²) in [5.41, 5.74) is 0. The lowest BCUT2D eigenvalue weighted by atomic mass is 10.5. The second-order valence-corrected chi connectivity index (χ2v) is 1.57. The van der Waals surface area contributed by atoms with Gasteiger partial charge in [-0.15, -0.1) is 0 Å². The second-order valence-electron chi connectivity index (χ2n) is 1.57. The van der Waals surface area contributed by atoms with Crippen LogP contribution in [0.4, 0.5) is 0 Å². The second kappa shape index (κ2) is 2.99. The van der Waals surface area contributed by atoms with Gasteiger partial charge in [-0.25, -0.2) is 11.2 Å². The third-order valence-electron chi connectivity index (χ3n) is 0.983. The molecule has 1 aliphatic heterocycles. The van der Waals surface area contributed by atoms with Crippen LogP contribution in [0.2, 0.25) is 0 Å². The molecule has 0 aromatic carbocycles. The summed E-state index contributed by atoms with van der Waals surface area (Å²) in [6, 6.07) is 0. The molecule has 4 nitrogen and oxygen atoms in total. The zero-order valence-corrected chi connectivity index (χ0v) is 4.54. The Labute approximate surface area is 47.9 Å². The Morgan fingerprint density at radius 1 is 1.75 bits per heavy atom. The molecule has 0 aromatic rings. The molecule has 0 aromatic heterocycles. The van der Waals surface area contributed by atoms with Crippen LogP contribution in [0.1, 0.15) is 0 Å². The summed E-state index contributed by atoms with van der Waals surface area (Å²) in [6.07, 6.45) is -0.302. The quantitative estimate of drug-likeness (QED) is 0.440. The maximum Gasteiger partial charge on any atom is 0.191 e. The molecule has 1 atom stereocenters. The molecule has 1 heterocycles. The van der Waals surface area contributed by atoms with Crippen molar-refractivity contribution in [1.82, 2.24) is 5.32 Å². The van der Waals surface area contributed by atoms with Crippen LogP contribution in [0.5, 0.6) is 0 Å². The molecule has 47 valence electrons. The topological polar surface area (TPSA) is 58.6 Å². The fourth-order valence-corrected chi connectivity index (χ4v) is 0.580. The molecule has 0 bridgehead atoms. The smallest absolute Gasteiger partial charge is 0.191 e. The Balaban J connectivity index is 2.13. The fourth-order valence-electron chi connectivity index (χ4n) is 0.580. The number of nitrogens with two attached hydrogens (primary N) is 1. The fraction of sp³-hybridized carbons (Fsp3) is 1.00. The Kier molecular flexibility index (Phi) is 2.23. The summed E-state index contributed by atoms with van der Waals surface area (Å²) in [6.45, 7) is 1.96. The van der Waals surface area contributed by atoms with Crippen molar-refractivity contribution in [3.05, 3.63) is 0 Å². The van der Waals surface area contributed by atoms with E-state index in [4.69, 9.17) is 10.6 Å². The van der Waals surface area contributed by atoms with E-state index in [2.05, 4.69) is 10.2 Å². The summed E-state index contributed by atoms with van der Waals surface area (Å²) < 4.78 is 4.99. The molecule has 0 amide bonds. The van der Waals surface area contributed by atoms with Crippen molar-refractivity contribution >= 4 is 0 Å². The Morgan fingerprint density at radius 3 is 3.00 bits per heavy atom. The van der Waals surface area contributed by atoms with Crippen molar-refractivity contribution in [3.8, 4) is 0 Å². The molecule has 1 unspecified atom stereocenters. The first-order chi connectivity index (χ1) is 3.93. The molecule has 4 heteroatoms. The minimum atomic E-state index is -0.302. The Morgan fingerprint density at radius 2 is 2.62 bits per heavy atom. The predicted molar refractivity (Wildman–Crippen MR) is 26.9 cm³/mol. The van der Waals surface area contributed by atoms with Crippen LogP contribution in [0, 0.1) is 0 Å². The maximum absolute atomic E-state index is 4.99. The lowest BCUT2D eigenvalue weighted by molar-refractivity contribution is -0.156. The third kappa shape index (κ3) is 1.41. The van der Waals surface area contributed by atoms with E-state index in [0.29, 0.717) is 13.2 Å². The van der Waals surface area contributed by atoms with Crippen molar-refractivity contribution < 1.29 is 9.57 Å². The highest BCUT2D eigenvalue weighted by atomic mass is 16.8. The SMILES string of the molecule is NOC1C[N]CCO1. The zero-order chi connectivity index (χ0) is 5.82. The zero-order valence-electron chi connectivity index (χ0n) is 4.54. The van der Waals surface area contributed by atoms with Crippen LogP contribution < -0.4 is 11.2 Å². The van der Waals surface area contributed by atoms with Gasteiger partial charge in [-0.1, -0.05) is 0 Å². The van der Waals surface area contributed by atoms with Gasteiger partial charge in [-0.05, 0) is 0 Å². The van der Waals surface area contributed by atoms with Gasteiger partial charge in [0.15, 0.2) is 6.29 Å². The molecule has 2 N–H and O–H groups in total. The van der Waals surface area contributed by atoms with Gasteiger partial charge in [-0.2, -0.15) is 0 Å².